The molecule has 0 bridgehead atoms. The van der Waals surface area contributed by atoms with Gasteiger partial charge in [-0.1, -0.05) is 0 Å². The van der Waals surface area contributed by atoms with Crippen LogP contribution in [0.25, 0.3) is 0 Å². The maximum atomic E-state index is 14.1. The zero-order valence-corrected chi connectivity index (χ0v) is 14.8. The zero-order valence-electron chi connectivity index (χ0n) is 13.2. The third kappa shape index (κ3) is 3.75. The van der Waals surface area contributed by atoms with E-state index in [9.17, 15) is 12.8 Å². The number of ether oxygens (including phenoxy) is 1. The predicted molar refractivity (Wildman–Crippen MR) is 90.2 cm³/mol. The van der Waals surface area contributed by atoms with Crippen molar-refractivity contribution in [3.8, 4) is 0 Å². The Morgan fingerprint density at radius 2 is 2.12 bits per heavy atom. The van der Waals surface area contributed by atoms with Crippen LogP contribution in [0.5, 0.6) is 0 Å². The molecule has 0 aliphatic carbocycles. The van der Waals surface area contributed by atoms with Crippen molar-refractivity contribution in [1.29, 1.82) is 0 Å². The third-order valence-electron chi connectivity index (χ3n) is 3.63. The van der Waals surface area contributed by atoms with Gasteiger partial charge >= 0.3 is 0 Å². The van der Waals surface area contributed by atoms with Crippen LogP contribution in [0.1, 0.15) is 10.7 Å². The fourth-order valence-electron chi connectivity index (χ4n) is 2.40. The number of hydrogen-bond acceptors (Lipinski definition) is 6. The fraction of sp³-hybridized carbons (Fsp3) is 0.400. The first-order valence-corrected chi connectivity index (χ1v) is 9.81. The van der Waals surface area contributed by atoms with Crippen molar-refractivity contribution in [2.24, 2.45) is 0 Å². The molecule has 0 amide bonds. The van der Waals surface area contributed by atoms with Gasteiger partial charge in [0.25, 0.3) is 0 Å². The van der Waals surface area contributed by atoms with Crippen LogP contribution < -0.4 is 5.32 Å². The van der Waals surface area contributed by atoms with Gasteiger partial charge in [-0.25, -0.2) is 17.8 Å². The summed E-state index contributed by atoms with van der Waals surface area (Å²) in [7, 11) is -3.87. The number of hydrogen-bond donors (Lipinski definition) is 1. The molecule has 130 valence electrons. The molecule has 1 aliphatic rings. The van der Waals surface area contributed by atoms with E-state index in [1.54, 1.807) is 0 Å². The molecule has 1 N–H and O–H groups in total. The first-order valence-electron chi connectivity index (χ1n) is 7.49. The van der Waals surface area contributed by atoms with E-state index in [2.05, 4.69) is 10.3 Å². The van der Waals surface area contributed by atoms with Gasteiger partial charge in [-0.3, -0.25) is 0 Å². The first kappa shape index (κ1) is 17.3. The predicted octanol–water partition coefficient (Wildman–Crippen LogP) is 2.22. The molecule has 0 saturated carbocycles. The molecule has 3 rings (SSSR count). The molecule has 1 aliphatic heterocycles. The Hall–Kier alpha value is -1.55. The van der Waals surface area contributed by atoms with Gasteiger partial charge in [0.05, 0.1) is 19.8 Å². The van der Waals surface area contributed by atoms with Crippen molar-refractivity contribution >= 4 is 27.0 Å². The van der Waals surface area contributed by atoms with Crippen molar-refractivity contribution in [1.82, 2.24) is 9.29 Å². The number of sulfonamides is 1. The molecule has 1 fully saturated rings. The van der Waals surface area contributed by atoms with Crippen molar-refractivity contribution in [2.45, 2.75) is 18.4 Å². The summed E-state index contributed by atoms with van der Waals surface area (Å²) in [4.78, 5) is 4.01. The molecule has 0 atom stereocenters. The number of rotatable bonds is 5. The molecule has 9 heteroatoms. The molecule has 0 spiro atoms. The highest BCUT2D eigenvalue weighted by molar-refractivity contribution is 7.89. The lowest BCUT2D eigenvalue weighted by atomic mass is 10.3. The standard InChI is InChI=1S/C15H18FN3O3S2/c1-11-10-23-15(18-11)9-17-12-2-3-13(16)14(8-12)24(20,21)19-4-6-22-7-5-19/h2-3,8,10,17H,4-7,9H2,1H3. The number of halogens is 1. The number of nitrogens with one attached hydrogen (secondary N) is 1. The first-order chi connectivity index (χ1) is 11.5. The number of aryl methyl sites for hydroxylation is 1. The molecule has 24 heavy (non-hydrogen) atoms. The van der Waals surface area contributed by atoms with Crippen LogP contribution in [0.2, 0.25) is 0 Å². The summed E-state index contributed by atoms with van der Waals surface area (Å²) in [5.74, 6) is -0.753. The highest BCUT2D eigenvalue weighted by atomic mass is 32.2. The van der Waals surface area contributed by atoms with Gasteiger partial charge in [-0.2, -0.15) is 4.31 Å². The lowest BCUT2D eigenvalue weighted by Crippen LogP contribution is -2.40. The molecule has 0 radical (unpaired) electrons. The van der Waals surface area contributed by atoms with Crippen LogP contribution in [0.4, 0.5) is 10.1 Å². The molecule has 6 nitrogen and oxygen atoms in total. The monoisotopic (exact) mass is 371 g/mol. The fourth-order valence-corrected chi connectivity index (χ4v) is 4.61. The zero-order chi connectivity index (χ0) is 17.2. The second-order valence-electron chi connectivity index (χ2n) is 5.40. The number of nitrogens with zero attached hydrogens (tertiary/aromatic N) is 2. The van der Waals surface area contributed by atoms with Crippen LogP contribution in [0, 0.1) is 12.7 Å². The highest BCUT2D eigenvalue weighted by Gasteiger charge is 2.29. The molecule has 1 saturated heterocycles. The van der Waals surface area contributed by atoms with E-state index in [0.29, 0.717) is 25.4 Å². The Kier molecular flexibility index (Phi) is 5.14. The van der Waals surface area contributed by atoms with Crippen LogP contribution in [0.3, 0.4) is 0 Å². The van der Waals surface area contributed by atoms with E-state index in [4.69, 9.17) is 4.74 Å². The van der Waals surface area contributed by atoms with Crippen LogP contribution >= 0.6 is 11.3 Å². The number of anilines is 1. The minimum absolute atomic E-state index is 0.234. The van der Waals surface area contributed by atoms with E-state index in [0.717, 1.165) is 10.7 Å². The quantitative estimate of drug-likeness (QED) is 0.873. The van der Waals surface area contributed by atoms with Gasteiger partial charge in [-0.05, 0) is 25.1 Å². The summed E-state index contributed by atoms with van der Waals surface area (Å²) >= 11 is 1.52. The van der Waals surface area contributed by atoms with Gasteiger partial charge in [0, 0.05) is 29.9 Å². The normalized spacial score (nSPS) is 16.2. The van der Waals surface area contributed by atoms with Crippen LogP contribution in [-0.4, -0.2) is 44.0 Å². The number of morpholine rings is 1. The smallest absolute Gasteiger partial charge is 0.246 e. The Labute approximate surface area is 144 Å². The summed E-state index contributed by atoms with van der Waals surface area (Å²) < 4.78 is 45.8. The molecule has 2 aromatic rings. The van der Waals surface area contributed by atoms with E-state index in [1.807, 2.05) is 12.3 Å². The third-order valence-corrected chi connectivity index (χ3v) is 6.51. The van der Waals surface area contributed by atoms with E-state index in [-0.39, 0.29) is 18.0 Å². The topological polar surface area (TPSA) is 71.5 Å². The average Bonchev–Trinajstić information content (AvgIpc) is 3.00. The van der Waals surface area contributed by atoms with Crippen molar-refractivity contribution in [2.75, 3.05) is 31.6 Å². The molecular formula is C15H18FN3O3S2. The number of benzene rings is 1. The van der Waals surface area contributed by atoms with E-state index >= 15 is 0 Å². The maximum absolute atomic E-state index is 14.1. The molecule has 1 aromatic carbocycles. The van der Waals surface area contributed by atoms with Gasteiger partial charge < -0.3 is 10.1 Å². The molecule has 1 aromatic heterocycles. The highest BCUT2D eigenvalue weighted by Crippen LogP contribution is 2.24. The van der Waals surface area contributed by atoms with Gasteiger partial charge in [0.2, 0.25) is 10.0 Å². The summed E-state index contributed by atoms with van der Waals surface area (Å²) in [6.45, 7) is 3.48. The largest absolute Gasteiger partial charge is 0.379 e. The second-order valence-corrected chi connectivity index (χ2v) is 8.25. The Morgan fingerprint density at radius 3 is 2.79 bits per heavy atom. The van der Waals surface area contributed by atoms with E-state index < -0.39 is 15.8 Å². The summed E-state index contributed by atoms with van der Waals surface area (Å²) in [5, 5.41) is 5.91. The lowest BCUT2D eigenvalue weighted by molar-refractivity contribution is 0.0729. The Bertz CT molecular complexity index is 817. The van der Waals surface area contributed by atoms with Crippen molar-refractivity contribution < 1.29 is 17.5 Å². The van der Waals surface area contributed by atoms with Crippen LogP contribution in [0.15, 0.2) is 28.5 Å². The summed E-state index contributed by atoms with van der Waals surface area (Å²) in [6, 6.07) is 4.03. The number of aromatic nitrogens is 1. The minimum Gasteiger partial charge on any atom is -0.379 e. The Balaban J connectivity index is 1.80. The van der Waals surface area contributed by atoms with E-state index in [1.165, 1.54) is 33.8 Å². The maximum Gasteiger partial charge on any atom is 0.246 e. The SMILES string of the molecule is Cc1csc(CNc2ccc(F)c(S(=O)(=O)N3CCOCC3)c2)n1. The average molecular weight is 371 g/mol. The lowest BCUT2D eigenvalue weighted by Gasteiger charge is -2.26. The Morgan fingerprint density at radius 1 is 1.38 bits per heavy atom. The van der Waals surface area contributed by atoms with Crippen LogP contribution in [-0.2, 0) is 21.3 Å². The van der Waals surface area contributed by atoms with Crippen molar-refractivity contribution in [3.63, 3.8) is 0 Å². The number of thiazole rings is 1. The minimum atomic E-state index is -3.87. The van der Waals surface area contributed by atoms with Gasteiger partial charge in [0.1, 0.15) is 15.7 Å². The van der Waals surface area contributed by atoms with Gasteiger partial charge in [0.15, 0.2) is 0 Å². The molecular weight excluding hydrogens is 353 g/mol. The summed E-state index contributed by atoms with van der Waals surface area (Å²) in [5.41, 5.74) is 1.47. The summed E-state index contributed by atoms with van der Waals surface area (Å²) in [6.07, 6.45) is 0. The molecule has 2 heterocycles. The van der Waals surface area contributed by atoms with Gasteiger partial charge in [-0.15, -0.1) is 11.3 Å². The van der Waals surface area contributed by atoms with Crippen molar-refractivity contribution in [3.05, 3.63) is 40.1 Å². The molecule has 0 unspecified atom stereocenters. The second kappa shape index (κ2) is 7.14.